The Hall–Kier alpha value is -2.53. The van der Waals surface area contributed by atoms with Crippen LogP contribution in [0.5, 0.6) is 0 Å². The first-order valence-electron chi connectivity index (χ1n) is 6.16. The maximum Gasteiger partial charge on any atom is 0.255 e. The average Bonchev–Trinajstić information content (AvgIpc) is 2.49. The molecule has 2 rings (SSSR count). The van der Waals surface area contributed by atoms with Gasteiger partial charge in [0.2, 0.25) is 0 Å². The minimum Gasteiger partial charge on any atom is -0.409 e. The summed E-state index contributed by atoms with van der Waals surface area (Å²) in [6, 6.07) is 11.8. The van der Waals surface area contributed by atoms with Gasteiger partial charge in [0, 0.05) is 21.8 Å². The van der Waals surface area contributed by atoms with Gasteiger partial charge in [0.15, 0.2) is 5.84 Å². The van der Waals surface area contributed by atoms with E-state index in [1.807, 2.05) is 6.92 Å². The summed E-state index contributed by atoms with van der Waals surface area (Å²) in [6.45, 7) is 1.84. The number of benzene rings is 2. The molecule has 21 heavy (non-hydrogen) atoms. The summed E-state index contributed by atoms with van der Waals surface area (Å²) in [5.41, 5.74) is 8.00. The first kappa shape index (κ1) is 14.9. The highest BCUT2D eigenvalue weighted by Gasteiger charge is 2.10. The smallest absolute Gasteiger partial charge is 0.255 e. The van der Waals surface area contributed by atoms with Gasteiger partial charge in [-0.15, -0.1) is 0 Å². The van der Waals surface area contributed by atoms with Crippen molar-refractivity contribution in [3.05, 3.63) is 64.2 Å². The van der Waals surface area contributed by atoms with Crippen LogP contribution in [-0.2, 0) is 0 Å². The summed E-state index contributed by atoms with van der Waals surface area (Å²) in [6.07, 6.45) is 0. The third kappa shape index (κ3) is 3.52. The van der Waals surface area contributed by atoms with E-state index >= 15 is 0 Å². The molecule has 1 amide bonds. The first-order valence-corrected chi connectivity index (χ1v) is 6.54. The first-order chi connectivity index (χ1) is 10.0. The highest BCUT2D eigenvalue weighted by molar-refractivity contribution is 6.31. The number of nitrogens with two attached hydrogens (primary N) is 1. The van der Waals surface area contributed by atoms with Crippen molar-refractivity contribution in [3.8, 4) is 0 Å². The third-order valence-electron chi connectivity index (χ3n) is 2.99. The van der Waals surface area contributed by atoms with Gasteiger partial charge in [0.05, 0.1) is 0 Å². The van der Waals surface area contributed by atoms with E-state index in [1.54, 1.807) is 42.5 Å². The molecule has 0 aliphatic rings. The molecule has 0 fully saturated rings. The molecule has 0 unspecified atom stereocenters. The van der Waals surface area contributed by atoms with Gasteiger partial charge in [-0.1, -0.05) is 22.8 Å². The number of nitrogens with one attached hydrogen (secondary N) is 1. The predicted molar refractivity (Wildman–Crippen MR) is 83.1 cm³/mol. The van der Waals surface area contributed by atoms with Gasteiger partial charge in [0.25, 0.3) is 5.91 Å². The fourth-order valence-corrected chi connectivity index (χ4v) is 1.99. The Kier molecular flexibility index (Phi) is 4.45. The zero-order valence-electron chi connectivity index (χ0n) is 11.3. The normalized spacial score (nSPS) is 11.2. The molecule has 0 aromatic heterocycles. The second-order valence-corrected chi connectivity index (χ2v) is 4.91. The van der Waals surface area contributed by atoms with Crippen molar-refractivity contribution in [2.45, 2.75) is 6.92 Å². The Balaban J connectivity index is 2.18. The number of nitrogens with zero attached hydrogens (tertiary/aromatic N) is 1. The van der Waals surface area contributed by atoms with Crippen molar-refractivity contribution in [2.75, 3.05) is 5.32 Å². The number of carbonyl (C=O) groups excluding carboxylic acids is 1. The van der Waals surface area contributed by atoms with Crippen molar-refractivity contribution in [3.63, 3.8) is 0 Å². The van der Waals surface area contributed by atoms with E-state index in [0.717, 1.165) is 5.56 Å². The maximum absolute atomic E-state index is 12.2. The van der Waals surface area contributed by atoms with E-state index in [2.05, 4.69) is 10.5 Å². The van der Waals surface area contributed by atoms with Crippen LogP contribution in [-0.4, -0.2) is 17.0 Å². The second-order valence-electron chi connectivity index (χ2n) is 4.48. The van der Waals surface area contributed by atoms with Crippen molar-refractivity contribution >= 4 is 29.0 Å². The highest BCUT2D eigenvalue weighted by Crippen LogP contribution is 2.17. The van der Waals surface area contributed by atoms with Gasteiger partial charge >= 0.3 is 0 Å². The van der Waals surface area contributed by atoms with E-state index in [-0.39, 0.29) is 11.7 Å². The van der Waals surface area contributed by atoms with Crippen LogP contribution in [0.3, 0.4) is 0 Å². The lowest BCUT2D eigenvalue weighted by Crippen LogP contribution is -2.15. The Morgan fingerprint density at radius 1 is 1.24 bits per heavy atom. The lowest BCUT2D eigenvalue weighted by atomic mass is 10.1. The van der Waals surface area contributed by atoms with E-state index in [1.165, 1.54) is 0 Å². The minimum atomic E-state index is -0.244. The molecule has 0 aliphatic heterocycles. The zero-order valence-corrected chi connectivity index (χ0v) is 12.1. The number of amidine groups is 1. The summed E-state index contributed by atoms with van der Waals surface area (Å²) >= 11 is 5.90. The molecule has 0 atom stereocenters. The lowest BCUT2D eigenvalue weighted by Gasteiger charge is -2.08. The second kappa shape index (κ2) is 6.28. The van der Waals surface area contributed by atoms with Crippen LogP contribution in [0.4, 0.5) is 5.69 Å². The molecular formula is C15H14ClN3O2. The third-order valence-corrected chi connectivity index (χ3v) is 3.23. The maximum atomic E-state index is 12.2. The molecule has 0 bridgehead atoms. The van der Waals surface area contributed by atoms with Crippen molar-refractivity contribution in [1.82, 2.24) is 0 Å². The fraction of sp³-hybridized carbons (Fsp3) is 0.0667. The SMILES string of the molecule is Cc1ccc(Cl)cc1C(=O)Nc1ccc(/C(N)=N/O)cc1. The van der Waals surface area contributed by atoms with Gasteiger partial charge in [-0.05, 0) is 48.9 Å². The van der Waals surface area contributed by atoms with Crippen LogP contribution < -0.4 is 11.1 Å². The number of hydrogen-bond donors (Lipinski definition) is 3. The number of anilines is 1. The Bertz CT molecular complexity index is 697. The molecule has 0 heterocycles. The van der Waals surface area contributed by atoms with Crippen LogP contribution in [0, 0.1) is 6.92 Å². The summed E-state index contributed by atoms with van der Waals surface area (Å²) in [4.78, 5) is 12.2. The van der Waals surface area contributed by atoms with Crippen LogP contribution in [0.2, 0.25) is 5.02 Å². The zero-order chi connectivity index (χ0) is 15.4. The van der Waals surface area contributed by atoms with Gasteiger partial charge in [-0.2, -0.15) is 0 Å². The van der Waals surface area contributed by atoms with Crippen molar-refractivity contribution < 1.29 is 10.0 Å². The van der Waals surface area contributed by atoms with Gasteiger partial charge in [0.1, 0.15) is 0 Å². The van der Waals surface area contributed by atoms with Gasteiger partial charge in [-0.3, -0.25) is 4.79 Å². The summed E-state index contributed by atoms with van der Waals surface area (Å²) in [7, 11) is 0. The van der Waals surface area contributed by atoms with E-state index in [9.17, 15) is 4.79 Å². The largest absolute Gasteiger partial charge is 0.409 e. The van der Waals surface area contributed by atoms with E-state index < -0.39 is 0 Å². The molecule has 0 radical (unpaired) electrons. The molecular weight excluding hydrogens is 290 g/mol. The molecule has 0 saturated heterocycles. The summed E-state index contributed by atoms with van der Waals surface area (Å²) in [5.74, 6) is -0.231. The molecule has 5 nitrogen and oxygen atoms in total. The number of hydrogen-bond acceptors (Lipinski definition) is 3. The molecule has 0 aliphatic carbocycles. The van der Waals surface area contributed by atoms with E-state index in [4.69, 9.17) is 22.5 Å². The Morgan fingerprint density at radius 2 is 1.90 bits per heavy atom. The number of oxime groups is 1. The number of carbonyl (C=O) groups is 1. The van der Waals surface area contributed by atoms with Crippen LogP contribution in [0.15, 0.2) is 47.6 Å². The minimum absolute atomic E-state index is 0.0126. The molecule has 2 aromatic carbocycles. The quantitative estimate of drug-likeness (QED) is 0.352. The molecule has 2 aromatic rings. The molecule has 0 spiro atoms. The average molecular weight is 304 g/mol. The number of amides is 1. The summed E-state index contributed by atoms with van der Waals surface area (Å²) in [5, 5.41) is 14.8. The molecule has 0 saturated carbocycles. The van der Waals surface area contributed by atoms with Crippen LogP contribution in [0.25, 0.3) is 0 Å². The number of rotatable bonds is 3. The Labute approximate surface area is 127 Å². The monoisotopic (exact) mass is 303 g/mol. The van der Waals surface area contributed by atoms with Crippen LogP contribution >= 0.6 is 11.6 Å². The molecule has 108 valence electrons. The van der Waals surface area contributed by atoms with Crippen molar-refractivity contribution in [2.24, 2.45) is 10.9 Å². The predicted octanol–water partition coefficient (Wildman–Crippen LogP) is 3.00. The number of halogens is 1. The number of aryl methyl sites for hydroxylation is 1. The summed E-state index contributed by atoms with van der Waals surface area (Å²) < 4.78 is 0. The van der Waals surface area contributed by atoms with Crippen molar-refractivity contribution in [1.29, 1.82) is 0 Å². The van der Waals surface area contributed by atoms with Crippen LogP contribution in [0.1, 0.15) is 21.5 Å². The van der Waals surface area contributed by atoms with Gasteiger partial charge < -0.3 is 16.3 Å². The molecule has 4 N–H and O–H groups in total. The topological polar surface area (TPSA) is 87.7 Å². The van der Waals surface area contributed by atoms with E-state index in [0.29, 0.717) is 21.8 Å². The highest BCUT2D eigenvalue weighted by atomic mass is 35.5. The molecule has 6 heteroatoms. The fourth-order valence-electron chi connectivity index (χ4n) is 1.82. The van der Waals surface area contributed by atoms with Gasteiger partial charge in [-0.25, -0.2) is 0 Å². The Morgan fingerprint density at radius 3 is 2.52 bits per heavy atom. The lowest BCUT2D eigenvalue weighted by molar-refractivity contribution is 0.102. The standard InChI is InChI=1S/C15H14ClN3O2/c1-9-2-5-11(16)8-13(9)15(20)18-12-6-3-10(4-7-12)14(17)19-21/h2-8,21H,1H3,(H2,17,19)(H,18,20).